The Balaban J connectivity index is 2.20. The topological polar surface area (TPSA) is 65.2 Å². The van der Waals surface area contributed by atoms with E-state index in [2.05, 4.69) is 20.9 Å². The minimum atomic E-state index is -0.538. The average Bonchev–Trinajstić information content (AvgIpc) is 2.32. The predicted octanol–water partition coefficient (Wildman–Crippen LogP) is 2.65. The van der Waals surface area contributed by atoms with E-state index >= 15 is 0 Å². The number of aromatic nitrogens is 1. The lowest BCUT2D eigenvalue weighted by atomic mass is 10.3. The van der Waals surface area contributed by atoms with E-state index in [1.165, 1.54) is 0 Å². The molecule has 1 aromatic carbocycles. The van der Waals surface area contributed by atoms with Crippen molar-refractivity contribution in [3.63, 3.8) is 0 Å². The standard InChI is InChI=1S/C12H9BrN2O2/c13-8-4-1-2-6-10(8)17-12(16)9-5-3-7-11(14)15-9/h1-7H,(H2,14,15). The number of nitrogen functional groups attached to an aromatic ring is 1. The van der Waals surface area contributed by atoms with Gasteiger partial charge in [-0.05, 0) is 40.2 Å². The second kappa shape index (κ2) is 4.97. The molecule has 0 spiro atoms. The number of anilines is 1. The fourth-order valence-electron chi connectivity index (χ4n) is 1.24. The Labute approximate surface area is 107 Å². The second-order valence-corrected chi connectivity index (χ2v) is 4.12. The zero-order valence-electron chi connectivity index (χ0n) is 8.76. The molecule has 2 aromatic rings. The van der Waals surface area contributed by atoms with Gasteiger partial charge in [-0.3, -0.25) is 0 Å². The predicted molar refractivity (Wildman–Crippen MR) is 67.7 cm³/mol. The van der Waals surface area contributed by atoms with E-state index in [0.717, 1.165) is 0 Å². The molecule has 5 heteroatoms. The Kier molecular flexibility index (Phi) is 3.39. The summed E-state index contributed by atoms with van der Waals surface area (Å²) in [6.45, 7) is 0. The summed E-state index contributed by atoms with van der Waals surface area (Å²) in [5, 5.41) is 0. The number of nitrogens with two attached hydrogens (primary N) is 1. The quantitative estimate of drug-likeness (QED) is 0.683. The highest BCUT2D eigenvalue weighted by molar-refractivity contribution is 9.10. The van der Waals surface area contributed by atoms with E-state index < -0.39 is 5.97 Å². The van der Waals surface area contributed by atoms with E-state index in [4.69, 9.17) is 10.5 Å². The summed E-state index contributed by atoms with van der Waals surface area (Å²) in [4.78, 5) is 15.6. The van der Waals surface area contributed by atoms with Gasteiger partial charge in [-0.1, -0.05) is 18.2 Å². The summed E-state index contributed by atoms with van der Waals surface area (Å²) < 4.78 is 5.89. The number of ether oxygens (including phenoxy) is 1. The molecule has 0 bridgehead atoms. The molecule has 0 radical (unpaired) electrons. The van der Waals surface area contributed by atoms with Crippen LogP contribution in [0.1, 0.15) is 10.5 Å². The highest BCUT2D eigenvalue weighted by Crippen LogP contribution is 2.24. The van der Waals surface area contributed by atoms with Crippen molar-refractivity contribution in [1.29, 1.82) is 0 Å². The Morgan fingerprint density at radius 3 is 2.65 bits per heavy atom. The zero-order chi connectivity index (χ0) is 12.3. The summed E-state index contributed by atoms with van der Waals surface area (Å²) >= 11 is 3.29. The fourth-order valence-corrected chi connectivity index (χ4v) is 1.61. The van der Waals surface area contributed by atoms with Crippen molar-refractivity contribution in [3.8, 4) is 5.75 Å². The molecule has 0 fully saturated rings. The normalized spacial score (nSPS) is 9.94. The molecule has 0 atom stereocenters. The van der Waals surface area contributed by atoms with E-state index in [-0.39, 0.29) is 11.5 Å². The van der Waals surface area contributed by atoms with Gasteiger partial charge < -0.3 is 10.5 Å². The molecular formula is C12H9BrN2O2. The number of para-hydroxylation sites is 1. The van der Waals surface area contributed by atoms with Crippen molar-refractivity contribution in [2.45, 2.75) is 0 Å². The van der Waals surface area contributed by atoms with Gasteiger partial charge in [-0.15, -0.1) is 0 Å². The fraction of sp³-hybridized carbons (Fsp3) is 0. The molecular weight excluding hydrogens is 284 g/mol. The lowest BCUT2D eigenvalue weighted by molar-refractivity contribution is 0.0727. The number of nitrogens with zero attached hydrogens (tertiary/aromatic N) is 1. The lowest BCUT2D eigenvalue weighted by Gasteiger charge is -2.05. The van der Waals surface area contributed by atoms with Crippen LogP contribution in [0.2, 0.25) is 0 Å². The van der Waals surface area contributed by atoms with Gasteiger partial charge in [0.15, 0.2) is 5.69 Å². The highest BCUT2D eigenvalue weighted by atomic mass is 79.9. The first-order valence-electron chi connectivity index (χ1n) is 4.86. The average molecular weight is 293 g/mol. The summed E-state index contributed by atoms with van der Waals surface area (Å²) in [6.07, 6.45) is 0. The number of pyridine rings is 1. The second-order valence-electron chi connectivity index (χ2n) is 3.27. The number of carbonyl (C=O) groups is 1. The summed E-state index contributed by atoms with van der Waals surface area (Å²) in [5.74, 6) is 0.192. The first-order valence-corrected chi connectivity index (χ1v) is 5.65. The maximum Gasteiger partial charge on any atom is 0.362 e. The molecule has 0 unspecified atom stereocenters. The maximum atomic E-state index is 11.8. The first kappa shape index (κ1) is 11.6. The minimum absolute atomic E-state index is 0.181. The number of halogens is 1. The molecule has 0 saturated carbocycles. The third kappa shape index (κ3) is 2.82. The van der Waals surface area contributed by atoms with Gasteiger partial charge in [0.05, 0.1) is 4.47 Å². The molecule has 17 heavy (non-hydrogen) atoms. The Hall–Kier alpha value is -1.88. The third-order valence-electron chi connectivity index (χ3n) is 2.02. The van der Waals surface area contributed by atoms with Crippen LogP contribution in [0.15, 0.2) is 46.9 Å². The molecule has 0 amide bonds. The van der Waals surface area contributed by atoms with Crippen molar-refractivity contribution >= 4 is 27.7 Å². The molecule has 2 rings (SSSR count). The Morgan fingerprint density at radius 1 is 1.18 bits per heavy atom. The minimum Gasteiger partial charge on any atom is -0.421 e. The maximum absolute atomic E-state index is 11.8. The van der Waals surface area contributed by atoms with Crippen LogP contribution in [-0.2, 0) is 0 Å². The number of benzene rings is 1. The molecule has 1 heterocycles. The van der Waals surface area contributed by atoms with Crippen LogP contribution in [0.5, 0.6) is 5.75 Å². The van der Waals surface area contributed by atoms with Crippen LogP contribution in [0.3, 0.4) is 0 Å². The van der Waals surface area contributed by atoms with Gasteiger partial charge in [0.1, 0.15) is 11.6 Å². The zero-order valence-corrected chi connectivity index (χ0v) is 10.3. The molecule has 0 saturated heterocycles. The van der Waals surface area contributed by atoms with E-state index in [0.29, 0.717) is 10.2 Å². The van der Waals surface area contributed by atoms with Crippen LogP contribution in [0, 0.1) is 0 Å². The summed E-state index contributed by atoms with van der Waals surface area (Å²) in [5.41, 5.74) is 5.67. The number of rotatable bonds is 2. The van der Waals surface area contributed by atoms with Gasteiger partial charge in [-0.25, -0.2) is 9.78 Å². The summed E-state index contributed by atoms with van der Waals surface area (Å²) in [7, 11) is 0. The van der Waals surface area contributed by atoms with E-state index in [1.807, 2.05) is 6.07 Å². The molecule has 86 valence electrons. The van der Waals surface area contributed by atoms with Gasteiger partial charge in [0, 0.05) is 0 Å². The van der Waals surface area contributed by atoms with E-state index in [9.17, 15) is 4.79 Å². The largest absolute Gasteiger partial charge is 0.421 e. The van der Waals surface area contributed by atoms with Crippen molar-refractivity contribution in [1.82, 2.24) is 4.98 Å². The van der Waals surface area contributed by atoms with E-state index in [1.54, 1.807) is 36.4 Å². The molecule has 2 N–H and O–H groups in total. The molecule has 0 aliphatic rings. The Bertz CT molecular complexity index is 558. The lowest BCUT2D eigenvalue weighted by Crippen LogP contribution is -2.11. The first-order chi connectivity index (χ1) is 8.16. The summed E-state index contributed by atoms with van der Waals surface area (Å²) in [6, 6.07) is 11.9. The van der Waals surface area contributed by atoms with Crippen LogP contribution < -0.4 is 10.5 Å². The van der Waals surface area contributed by atoms with Crippen LogP contribution in [0.25, 0.3) is 0 Å². The number of hydrogen-bond donors (Lipinski definition) is 1. The molecule has 1 aromatic heterocycles. The van der Waals surface area contributed by atoms with Crippen molar-refractivity contribution in [3.05, 3.63) is 52.6 Å². The van der Waals surface area contributed by atoms with Gasteiger partial charge >= 0.3 is 5.97 Å². The molecule has 0 aliphatic heterocycles. The van der Waals surface area contributed by atoms with Crippen molar-refractivity contribution < 1.29 is 9.53 Å². The van der Waals surface area contributed by atoms with Gasteiger partial charge in [-0.2, -0.15) is 0 Å². The molecule has 0 aliphatic carbocycles. The number of hydrogen-bond acceptors (Lipinski definition) is 4. The van der Waals surface area contributed by atoms with Gasteiger partial charge in [0.2, 0.25) is 0 Å². The molecule has 4 nitrogen and oxygen atoms in total. The monoisotopic (exact) mass is 292 g/mol. The highest BCUT2D eigenvalue weighted by Gasteiger charge is 2.11. The van der Waals surface area contributed by atoms with Gasteiger partial charge in [0.25, 0.3) is 0 Å². The van der Waals surface area contributed by atoms with Crippen molar-refractivity contribution in [2.24, 2.45) is 0 Å². The van der Waals surface area contributed by atoms with Crippen molar-refractivity contribution in [2.75, 3.05) is 5.73 Å². The number of carbonyl (C=O) groups excluding carboxylic acids is 1. The van der Waals surface area contributed by atoms with Crippen LogP contribution >= 0.6 is 15.9 Å². The smallest absolute Gasteiger partial charge is 0.362 e. The van der Waals surface area contributed by atoms with Crippen LogP contribution in [0.4, 0.5) is 5.82 Å². The SMILES string of the molecule is Nc1cccc(C(=O)Oc2ccccc2Br)n1. The third-order valence-corrected chi connectivity index (χ3v) is 2.67. The Morgan fingerprint density at radius 2 is 1.94 bits per heavy atom. The van der Waals surface area contributed by atoms with Crippen LogP contribution in [-0.4, -0.2) is 11.0 Å². The number of esters is 1.